The first kappa shape index (κ1) is 24.3. The summed E-state index contributed by atoms with van der Waals surface area (Å²) in [4.78, 5) is 15.3. The number of halogens is 1. The normalized spacial score (nSPS) is 15.9. The van der Waals surface area contributed by atoms with Crippen LogP contribution >= 0.6 is 11.6 Å². The lowest BCUT2D eigenvalue weighted by atomic mass is 9.98. The number of fused-ring (bicyclic) bond motifs is 1. The molecule has 1 saturated heterocycles. The van der Waals surface area contributed by atoms with Crippen LogP contribution in [0, 0.1) is 17.2 Å². The fraction of sp³-hybridized carbons (Fsp3) is 0.360. The van der Waals surface area contributed by atoms with Crippen LogP contribution < -0.4 is 4.72 Å². The van der Waals surface area contributed by atoms with Crippen LogP contribution in [0.5, 0.6) is 0 Å². The Labute approximate surface area is 205 Å². The predicted molar refractivity (Wildman–Crippen MR) is 132 cm³/mol. The molecule has 1 fully saturated rings. The molecule has 0 saturated carbocycles. The fourth-order valence-corrected chi connectivity index (χ4v) is 6.04. The van der Waals surface area contributed by atoms with E-state index in [2.05, 4.69) is 17.7 Å². The second kappa shape index (κ2) is 10.2. The molecular formula is C25H27ClN4O3S. The van der Waals surface area contributed by atoms with Crippen LogP contribution in [0.25, 0.3) is 10.8 Å². The van der Waals surface area contributed by atoms with E-state index >= 15 is 0 Å². The summed E-state index contributed by atoms with van der Waals surface area (Å²) in [6.07, 6.45) is 3.76. The molecule has 2 aromatic carbocycles. The van der Waals surface area contributed by atoms with E-state index in [-0.39, 0.29) is 17.2 Å². The summed E-state index contributed by atoms with van der Waals surface area (Å²) in [7, 11) is -4.03. The smallest absolute Gasteiger partial charge is 0.241 e. The summed E-state index contributed by atoms with van der Waals surface area (Å²) in [5, 5.41) is 10.9. The maximum atomic E-state index is 13.5. The van der Waals surface area contributed by atoms with Crippen LogP contribution in [0.4, 0.5) is 0 Å². The van der Waals surface area contributed by atoms with Gasteiger partial charge in [-0.15, -0.1) is 0 Å². The highest BCUT2D eigenvalue weighted by atomic mass is 35.5. The number of nitrogens with one attached hydrogen (secondary N) is 1. The number of carbonyl (C=O) groups excluding carboxylic acids is 1. The van der Waals surface area contributed by atoms with Crippen LogP contribution in [0.2, 0.25) is 5.02 Å². The molecule has 1 aliphatic rings. The average molecular weight is 499 g/mol. The number of aryl methyl sites for hydroxylation is 1. The van der Waals surface area contributed by atoms with Crippen molar-refractivity contribution in [3.63, 3.8) is 0 Å². The van der Waals surface area contributed by atoms with Crippen molar-refractivity contribution in [2.24, 2.45) is 5.92 Å². The Morgan fingerprint density at radius 1 is 1.15 bits per heavy atom. The lowest BCUT2D eigenvalue weighted by Gasteiger charge is -2.33. The molecule has 1 aliphatic heterocycles. The van der Waals surface area contributed by atoms with Crippen molar-refractivity contribution in [1.29, 1.82) is 5.26 Å². The highest BCUT2D eigenvalue weighted by Crippen LogP contribution is 2.29. The van der Waals surface area contributed by atoms with Gasteiger partial charge in [-0.3, -0.25) is 4.79 Å². The molecule has 0 radical (unpaired) electrons. The number of carbonyl (C=O) groups is 1. The lowest BCUT2D eigenvalue weighted by Crippen LogP contribution is -2.50. The lowest BCUT2D eigenvalue weighted by molar-refractivity contribution is -0.134. The summed E-state index contributed by atoms with van der Waals surface area (Å²) >= 11 is 6.28. The van der Waals surface area contributed by atoms with Gasteiger partial charge in [0.25, 0.3) is 0 Å². The number of aromatic nitrogens is 1. The van der Waals surface area contributed by atoms with Crippen LogP contribution in [0.3, 0.4) is 0 Å². The Kier molecular flexibility index (Phi) is 7.27. The molecule has 1 atom stereocenters. The zero-order valence-corrected chi connectivity index (χ0v) is 20.5. The SMILES string of the molecule is CC1CCN(C(=O)C(CCn2cccc2C#N)NS(=O)(=O)c2ccc(Cl)c3ccccc23)CC1. The Bertz CT molecular complexity index is 1340. The third-order valence-corrected chi connectivity index (χ3v) is 8.27. The van der Waals surface area contributed by atoms with Crippen molar-refractivity contribution in [3.05, 3.63) is 65.4 Å². The van der Waals surface area contributed by atoms with E-state index in [1.807, 2.05) is 0 Å². The first-order valence-electron chi connectivity index (χ1n) is 11.3. The van der Waals surface area contributed by atoms with Crippen LogP contribution in [0.15, 0.2) is 59.6 Å². The number of piperidine rings is 1. The van der Waals surface area contributed by atoms with E-state index < -0.39 is 16.1 Å². The Morgan fingerprint density at radius 2 is 1.85 bits per heavy atom. The van der Waals surface area contributed by atoms with E-state index in [0.717, 1.165) is 12.8 Å². The monoisotopic (exact) mass is 498 g/mol. The summed E-state index contributed by atoms with van der Waals surface area (Å²) in [6.45, 7) is 3.70. The largest absolute Gasteiger partial charge is 0.341 e. The third kappa shape index (κ3) is 5.12. The molecule has 0 aliphatic carbocycles. The zero-order valence-electron chi connectivity index (χ0n) is 18.9. The maximum Gasteiger partial charge on any atom is 0.241 e. The standard InChI is InChI=1S/C25H27ClN4O3S/c1-18-10-14-30(15-11-18)25(31)23(12-16-29-13-4-5-19(29)17-27)28-34(32,33)24-9-8-22(26)20-6-2-3-7-21(20)24/h2-9,13,18,23,28H,10-12,14-16H2,1H3. The Hall–Kier alpha value is -2.86. The van der Waals surface area contributed by atoms with Gasteiger partial charge in [0.15, 0.2) is 0 Å². The molecule has 1 aromatic heterocycles. The molecule has 7 nitrogen and oxygen atoms in total. The van der Waals surface area contributed by atoms with Gasteiger partial charge >= 0.3 is 0 Å². The molecule has 1 unspecified atom stereocenters. The number of nitriles is 1. The topological polar surface area (TPSA) is 95.2 Å². The van der Waals surface area contributed by atoms with Gasteiger partial charge in [-0.25, -0.2) is 8.42 Å². The van der Waals surface area contributed by atoms with Crippen molar-refractivity contribution in [2.75, 3.05) is 13.1 Å². The van der Waals surface area contributed by atoms with Crippen molar-refractivity contribution in [1.82, 2.24) is 14.2 Å². The maximum absolute atomic E-state index is 13.5. The number of hydrogen-bond acceptors (Lipinski definition) is 4. The van der Waals surface area contributed by atoms with Crippen LogP contribution in [-0.4, -0.2) is 42.9 Å². The van der Waals surface area contributed by atoms with Crippen molar-refractivity contribution in [2.45, 2.75) is 43.7 Å². The quantitative estimate of drug-likeness (QED) is 0.529. The molecule has 1 N–H and O–H groups in total. The number of nitrogens with zero attached hydrogens (tertiary/aromatic N) is 3. The van der Waals surface area contributed by atoms with E-state index in [9.17, 15) is 18.5 Å². The molecular weight excluding hydrogens is 472 g/mol. The first-order valence-corrected chi connectivity index (χ1v) is 13.2. The summed E-state index contributed by atoms with van der Waals surface area (Å²) in [5.74, 6) is 0.303. The van der Waals surface area contributed by atoms with E-state index in [1.165, 1.54) is 6.07 Å². The van der Waals surface area contributed by atoms with Crippen molar-refractivity contribution in [3.8, 4) is 6.07 Å². The van der Waals surface area contributed by atoms with Gasteiger partial charge in [-0.1, -0.05) is 42.8 Å². The van der Waals surface area contributed by atoms with E-state index in [1.54, 1.807) is 58.1 Å². The van der Waals surface area contributed by atoms with Crippen molar-refractivity contribution >= 4 is 38.3 Å². The second-order valence-electron chi connectivity index (χ2n) is 8.76. The first-order chi connectivity index (χ1) is 16.3. The second-order valence-corrected chi connectivity index (χ2v) is 10.8. The summed E-state index contributed by atoms with van der Waals surface area (Å²) < 4.78 is 31.4. The number of rotatable bonds is 7. The number of amides is 1. The fourth-order valence-electron chi connectivity index (χ4n) is 4.38. The highest BCUT2D eigenvalue weighted by molar-refractivity contribution is 7.89. The van der Waals surface area contributed by atoms with Gasteiger partial charge in [0.2, 0.25) is 15.9 Å². The van der Waals surface area contributed by atoms with Crippen LogP contribution in [-0.2, 0) is 21.4 Å². The molecule has 3 aromatic rings. The Morgan fingerprint density at radius 3 is 2.56 bits per heavy atom. The molecule has 0 spiro atoms. The van der Waals surface area contributed by atoms with Gasteiger partial charge in [-0.05, 0) is 49.4 Å². The molecule has 2 heterocycles. The molecule has 0 bridgehead atoms. The van der Waals surface area contributed by atoms with Gasteiger partial charge in [-0.2, -0.15) is 9.98 Å². The van der Waals surface area contributed by atoms with E-state index in [0.29, 0.717) is 47.0 Å². The molecule has 9 heteroatoms. The van der Waals surface area contributed by atoms with Gasteiger partial charge in [0.05, 0.1) is 4.90 Å². The predicted octanol–water partition coefficient (Wildman–Crippen LogP) is 4.16. The van der Waals surface area contributed by atoms with Crippen molar-refractivity contribution < 1.29 is 13.2 Å². The third-order valence-electron chi connectivity index (χ3n) is 6.41. The molecule has 34 heavy (non-hydrogen) atoms. The minimum atomic E-state index is -4.03. The minimum absolute atomic E-state index is 0.0799. The number of benzene rings is 2. The highest BCUT2D eigenvalue weighted by Gasteiger charge is 2.31. The molecule has 1 amide bonds. The van der Waals surface area contributed by atoms with Crippen LogP contribution in [0.1, 0.15) is 31.9 Å². The van der Waals surface area contributed by atoms with Gasteiger partial charge < -0.3 is 9.47 Å². The Balaban J connectivity index is 1.63. The van der Waals surface area contributed by atoms with Gasteiger partial charge in [0.1, 0.15) is 17.8 Å². The number of hydrogen-bond donors (Lipinski definition) is 1. The molecule has 4 rings (SSSR count). The number of sulfonamides is 1. The summed E-state index contributed by atoms with van der Waals surface area (Å²) in [5.41, 5.74) is 0.463. The minimum Gasteiger partial charge on any atom is -0.341 e. The van der Waals surface area contributed by atoms with E-state index in [4.69, 9.17) is 11.6 Å². The summed E-state index contributed by atoms with van der Waals surface area (Å²) in [6, 6.07) is 14.6. The number of likely N-dealkylation sites (tertiary alicyclic amines) is 1. The zero-order chi connectivity index (χ0) is 24.3. The van der Waals surface area contributed by atoms with Gasteiger partial charge in [0, 0.05) is 41.6 Å². The average Bonchev–Trinajstić information content (AvgIpc) is 3.29. The molecule has 178 valence electrons.